The molecule has 3 aromatic rings. The maximum Gasteiger partial charge on any atom is 0.176 e. The van der Waals surface area contributed by atoms with E-state index in [-0.39, 0.29) is 12.2 Å². The van der Waals surface area contributed by atoms with Gasteiger partial charge < -0.3 is 14.5 Å². The number of benzene rings is 2. The molecular formula is C16H13F2NO2. The lowest BCUT2D eigenvalue weighted by Crippen LogP contribution is -2.00. The van der Waals surface area contributed by atoms with E-state index in [4.69, 9.17) is 9.15 Å². The summed E-state index contributed by atoms with van der Waals surface area (Å²) in [6.07, 6.45) is 0. The molecule has 0 spiro atoms. The molecule has 0 fully saturated rings. The third-order valence-corrected chi connectivity index (χ3v) is 3.16. The highest BCUT2D eigenvalue weighted by molar-refractivity contribution is 5.83. The molecule has 1 N–H and O–H groups in total. The monoisotopic (exact) mass is 289 g/mol. The number of furan rings is 1. The van der Waals surface area contributed by atoms with Crippen LogP contribution in [0.15, 0.2) is 46.9 Å². The number of hydrogen-bond donors (Lipinski definition) is 1. The van der Waals surface area contributed by atoms with Crippen molar-refractivity contribution in [1.29, 1.82) is 0 Å². The second kappa shape index (κ2) is 5.44. The zero-order valence-corrected chi connectivity index (χ0v) is 11.3. The van der Waals surface area contributed by atoms with Gasteiger partial charge in [-0.25, -0.2) is 8.78 Å². The lowest BCUT2D eigenvalue weighted by molar-refractivity contribution is 0.408. The van der Waals surface area contributed by atoms with Gasteiger partial charge in [-0.3, -0.25) is 0 Å². The molecule has 21 heavy (non-hydrogen) atoms. The lowest BCUT2D eigenvalue weighted by atomic mass is 10.2. The number of methoxy groups -OCH3 is 1. The fourth-order valence-corrected chi connectivity index (χ4v) is 2.15. The van der Waals surface area contributed by atoms with Crippen molar-refractivity contribution in [2.24, 2.45) is 0 Å². The molecule has 0 saturated heterocycles. The van der Waals surface area contributed by atoms with Gasteiger partial charge in [-0.05, 0) is 30.3 Å². The summed E-state index contributed by atoms with van der Waals surface area (Å²) in [5.74, 6) is 0.240. The lowest BCUT2D eigenvalue weighted by Gasteiger charge is -2.05. The highest BCUT2D eigenvalue weighted by Gasteiger charge is 2.09. The molecule has 0 aliphatic heterocycles. The van der Waals surface area contributed by atoms with Crippen LogP contribution >= 0.6 is 0 Å². The number of hydrogen-bond acceptors (Lipinski definition) is 3. The summed E-state index contributed by atoms with van der Waals surface area (Å²) in [7, 11) is 1.57. The Labute approximate surface area is 120 Å². The molecule has 0 unspecified atom stereocenters. The van der Waals surface area contributed by atoms with E-state index in [0.29, 0.717) is 17.1 Å². The third-order valence-electron chi connectivity index (χ3n) is 3.16. The Bertz CT molecular complexity index is 783. The Morgan fingerprint density at radius 1 is 1.14 bits per heavy atom. The highest BCUT2D eigenvalue weighted by atomic mass is 19.1. The van der Waals surface area contributed by atoms with Crippen LogP contribution in [0.2, 0.25) is 0 Å². The zero-order chi connectivity index (χ0) is 14.8. The van der Waals surface area contributed by atoms with Crippen LogP contribution in [0.4, 0.5) is 14.5 Å². The average molecular weight is 289 g/mol. The molecule has 5 heteroatoms. The van der Waals surface area contributed by atoms with E-state index in [1.165, 1.54) is 0 Å². The topological polar surface area (TPSA) is 34.4 Å². The molecular weight excluding hydrogens is 276 g/mol. The molecule has 0 saturated carbocycles. The number of nitrogens with one attached hydrogen (secondary N) is 1. The van der Waals surface area contributed by atoms with Crippen LogP contribution in [0, 0.1) is 11.6 Å². The smallest absolute Gasteiger partial charge is 0.176 e. The summed E-state index contributed by atoms with van der Waals surface area (Å²) in [5, 5.41) is 3.71. The van der Waals surface area contributed by atoms with Gasteiger partial charge in [-0.15, -0.1) is 0 Å². The van der Waals surface area contributed by atoms with E-state index < -0.39 is 11.6 Å². The Kier molecular flexibility index (Phi) is 3.48. The third kappa shape index (κ3) is 2.67. The van der Waals surface area contributed by atoms with Crippen molar-refractivity contribution in [2.45, 2.75) is 6.54 Å². The molecule has 3 nitrogen and oxygen atoms in total. The Balaban J connectivity index is 1.84. The number of para-hydroxylation sites is 1. The number of halogens is 2. The molecule has 2 aromatic carbocycles. The van der Waals surface area contributed by atoms with Crippen molar-refractivity contribution < 1.29 is 17.9 Å². The van der Waals surface area contributed by atoms with E-state index in [9.17, 15) is 8.78 Å². The van der Waals surface area contributed by atoms with Crippen LogP contribution in [0.3, 0.4) is 0 Å². The Morgan fingerprint density at radius 3 is 2.81 bits per heavy atom. The van der Waals surface area contributed by atoms with Gasteiger partial charge in [0.15, 0.2) is 11.3 Å². The molecule has 0 aliphatic carbocycles. The normalized spacial score (nSPS) is 10.8. The molecule has 0 aliphatic rings. The van der Waals surface area contributed by atoms with Crippen molar-refractivity contribution in [2.75, 3.05) is 12.4 Å². The first-order valence-corrected chi connectivity index (χ1v) is 6.42. The maximum absolute atomic E-state index is 13.5. The van der Waals surface area contributed by atoms with Crippen molar-refractivity contribution in [3.05, 3.63) is 59.9 Å². The number of rotatable bonds is 4. The van der Waals surface area contributed by atoms with Gasteiger partial charge in [0.05, 0.1) is 19.3 Å². The van der Waals surface area contributed by atoms with Crippen molar-refractivity contribution >= 4 is 16.7 Å². The minimum atomic E-state index is -0.509. The summed E-state index contributed by atoms with van der Waals surface area (Å²) in [5.41, 5.74) is 0.735. The average Bonchev–Trinajstić information content (AvgIpc) is 2.91. The summed E-state index contributed by atoms with van der Waals surface area (Å²) in [4.78, 5) is 0. The molecule has 0 atom stereocenters. The maximum atomic E-state index is 13.5. The first-order valence-electron chi connectivity index (χ1n) is 6.42. The first-order chi connectivity index (χ1) is 10.2. The Hall–Kier alpha value is -2.56. The van der Waals surface area contributed by atoms with Crippen molar-refractivity contribution in [3.8, 4) is 5.75 Å². The molecule has 1 heterocycles. The Morgan fingerprint density at radius 2 is 2.00 bits per heavy atom. The summed E-state index contributed by atoms with van der Waals surface area (Å²) in [6, 6.07) is 10.7. The van der Waals surface area contributed by atoms with E-state index in [0.717, 1.165) is 23.6 Å². The van der Waals surface area contributed by atoms with Crippen LogP contribution in [0.25, 0.3) is 11.0 Å². The summed E-state index contributed by atoms with van der Waals surface area (Å²) in [6.45, 7) is 0.248. The van der Waals surface area contributed by atoms with Crippen LogP contribution < -0.4 is 10.1 Å². The number of anilines is 1. The van der Waals surface area contributed by atoms with E-state index in [1.807, 2.05) is 18.2 Å². The summed E-state index contributed by atoms with van der Waals surface area (Å²) < 4.78 is 37.5. The molecule has 0 bridgehead atoms. The first kappa shape index (κ1) is 13.4. The molecule has 108 valence electrons. The van der Waals surface area contributed by atoms with Crippen molar-refractivity contribution in [3.63, 3.8) is 0 Å². The van der Waals surface area contributed by atoms with E-state index in [1.54, 1.807) is 13.2 Å². The van der Waals surface area contributed by atoms with Crippen LogP contribution in [0.5, 0.6) is 5.75 Å². The quantitative estimate of drug-likeness (QED) is 0.776. The number of ether oxygens (including phenoxy) is 1. The molecule has 0 radical (unpaired) electrons. The van der Waals surface area contributed by atoms with Gasteiger partial charge in [-0.1, -0.05) is 12.1 Å². The molecule has 0 amide bonds. The van der Waals surface area contributed by atoms with E-state index in [2.05, 4.69) is 5.32 Å². The predicted molar refractivity (Wildman–Crippen MR) is 76.5 cm³/mol. The van der Waals surface area contributed by atoms with Gasteiger partial charge >= 0.3 is 0 Å². The van der Waals surface area contributed by atoms with Gasteiger partial charge in [0.25, 0.3) is 0 Å². The number of fused-ring (bicyclic) bond motifs is 1. The van der Waals surface area contributed by atoms with Crippen LogP contribution in [-0.4, -0.2) is 7.11 Å². The van der Waals surface area contributed by atoms with Crippen molar-refractivity contribution in [1.82, 2.24) is 0 Å². The van der Waals surface area contributed by atoms with Crippen LogP contribution in [-0.2, 0) is 6.54 Å². The highest BCUT2D eigenvalue weighted by Crippen LogP contribution is 2.29. The second-order valence-electron chi connectivity index (χ2n) is 4.57. The largest absolute Gasteiger partial charge is 0.493 e. The van der Waals surface area contributed by atoms with Gasteiger partial charge in [0, 0.05) is 5.39 Å². The fourth-order valence-electron chi connectivity index (χ4n) is 2.15. The van der Waals surface area contributed by atoms with Gasteiger partial charge in [0.2, 0.25) is 0 Å². The fraction of sp³-hybridized carbons (Fsp3) is 0.125. The van der Waals surface area contributed by atoms with E-state index >= 15 is 0 Å². The SMILES string of the molecule is COc1cccc2cc(CNc3cc(F)ccc3F)oc12. The van der Waals surface area contributed by atoms with Crippen LogP contribution in [0.1, 0.15) is 5.76 Å². The zero-order valence-electron chi connectivity index (χ0n) is 11.3. The molecule has 3 rings (SSSR count). The summed E-state index contributed by atoms with van der Waals surface area (Å²) >= 11 is 0. The second-order valence-corrected chi connectivity index (χ2v) is 4.57. The predicted octanol–water partition coefficient (Wildman–Crippen LogP) is 4.33. The standard InChI is InChI=1S/C16H13F2NO2/c1-20-15-4-2-3-10-7-12(21-16(10)15)9-19-14-8-11(17)5-6-13(14)18/h2-8,19H,9H2,1H3. The molecule has 1 aromatic heterocycles. The van der Waals surface area contributed by atoms with Gasteiger partial charge in [0.1, 0.15) is 17.4 Å². The minimum Gasteiger partial charge on any atom is -0.493 e. The minimum absolute atomic E-state index is 0.0995. The van der Waals surface area contributed by atoms with Gasteiger partial charge in [-0.2, -0.15) is 0 Å².